The standard InChI is InChI=1S/C12H13BrFNO/c1-7(2)4-12(16)15-11-6-10(14)9(13)5-8(11)3/h4-6H,1-3H3,(H,15,16). The first-order valence-corrected chi connectivity index (χ1v) is 5.61. The Morgan fingerprint density at radius 3 is 2.62 bits per heavy atom. The molecule has 0 aliphatic rings. The third-order valence-corrected chi connectivity index (χ3v) is 2.55. The Balaban J connectivity index is 2.94. The second-order valence-electron chi connectivity index (χ2n) is 3.79. The number of rotatable bonds is 2. The summed E-state index contributed by atoms with van der Waals surface area (Å²) in [7, 11) is 0. The zero-order valence-corrected chi connectivity index (χ0v) is 11.0. The highest BCUT2D eigenvalue weighted by molar-refractivity contribution is 9.10. The summed E-state index contributed by atoms with van der Waals surface area (Å²) in [5.74, 6) is -0.636. The number of nitrogens with one attached hydrogen (secondary N) is 1. The van der Waals surface area contributed by atoms with Gasteiger partial charge in [-0.15, -0.1) is 0 Å². The van der Waals surface area contributed by atoms with E-state index in [1.807, 2.05) is 20.8 Å². The van der Waals surface area contributed by atoms with E-state index in [0.29, 0.717) is 10.2 Å². The van der Waals surface area contributed by atoms with Gasteiger partial charge in [-0.25, -0.2) is 4.39 Å². The van der Waals surface area contributed by atoms with Crippen LogP contribution in [0.15, 0.2) is 28.3 Å². The molecule has 0 aromatic heterocycles. The lowest BCUT2D eigenvalue weighted by molar-refractivity contribution is -0.111. The summed E-state index contributed by atoms with van der Waals surface area (Å²) in [5, 5.41) is 2.63. The second-order valence-corrected chi connectivity index (χ2v) is 4.65. The van der Waals surface area contributed by atoms with Crippen molar-refractivity contribution in [1.29, 1.82) is 0 Å². The Labute approximate surface area is 103 Å². The van der Waals surface area contributed by atoms with Gasteiger partial charge in [-0.1, -0.05) is 5.57 Å². The average Bonchev–Trinajstić information content (AvgIpc) is 2.12. The van der Waals surface area contributed by atoms with Crippen LogP contribution in [0, 0.1) is 12.7 Å². The van der Waals surface area contributed by atoms with Crippen LogP contribution < -0.4 is 5.32 Å². The molecule has 0 spiro atoms. The summed E-state index contributed by atoms with van der Waals surface area (Å²) in [5.41, 5.74) is 2.19. The number of halogens is 2. The predicted molar refractivity (Wildman–Crippen MR) is 66.9 cm³/mol. The summed E-state index contributed by atoms with van der Waals surface area (Å²) >= 11 is 3.09. The summed E-state index contributed by atoms with van der Waals surface area (Å²) in [6.07, 6.45) is 1.47. The fourth-order valence-corrected chi connectivity index (χ4v) is 1.67. The highest BCUT2D eigenvalue weighted by atomic mass is 79.9. The lowest BCUT2D eigenvalue weighted by Crippen LogP contribution is -2.10. The number of amides is 1. The number of allylic oxidation sites excluding steroid dienone is 1. The van der Waals surface area contributed by atoms with Crippen molar-refractivity contribution in [1.82, 2.24) is 0 Å². The molecule has 0 aliphatic carbocycles. The molecule has 86 valence electrons. The zero-order chi connectivity index (χ0) is 12.3. The molecule has 0 bridgehead atoms. The number of hydrogen-bond donors (Lipinski definition) is 1. The molecule has 1 amide bonds. The van der Waals surface area contributed by atoms with E-state index in [9.17, 15) is 9.18 Å². The molecule has 0 fully saturated rings. The molecule has 0 unspecified atom stereocenters. The van der Waals surface area contributed by atoms with Gasteiger partial charge in [0.05, 0.1) is 4.47 Å². The average molecular weight is 286 g/mol. The van der Waals surface area contributed by atoms with Crippen molar-refractivity contribution in [2.75, 3.05) is 5.32 Å². The highest BCUT2D eigenvalue weighted by Crippen LogP contribution is 2.23. The topological polar surface area (TPSA) is 29.1 Å². The lowest BCUT2D eigenvalue weighted by atomic mass is 10.2. The molecule has 16 heavy (non-hydrogen) atoms. The molecule has 0 heterocycles. The Hall–Kier alpha value is -1.16. The van der Waals surface area contributed by atoms with Crippen LogP contribution in [0.4, 0.5) is 10.1 Å². The molecule has 2 nitrogen and oxygen atoms in total. The number of benzene rings is 1. The van der Waals surface area contributed by atoms with E-state index in [2.05, 4.69) is 21.2 Å². The fraction of sp³-hybridized carbons (Fsp3) is 0.250. The summed E-state index contributed by atoms with van der Waals surface area (Å²) in [6, 6.07) is 2.93. The van der Waals surface area contributed by atoms with E-state index >= 15 is 0 Å². The summed E-state index contributed by atoms with van der Waals surface area (Å²) in [6.45, 7) is 5.46. The highest BCUT2D eigenvalue weighted by Gasteiger charge is 2.07. The molecule has 4 heteroatoms. The minimum atomic E-state index is -0.391. The van der Waals surface area contributed by atoms with Gasteiger partial charge in [0.1, 0.15) is 5.82 Å². The second kappa shape index (κ2) is 5.25. The van der Waals surface area contributed by atoms with Gasteiger partial charge in [-0.2, -0.15) is 0 Å². The van der Waals surface area contributed by atoms with Crippen LogP contribution >= 0.6 is 15.9 Å². The third kappa shape index (κ3) is 3.45. The van der Waals surface area contributed by atoms with Crippen LogP contribution in [0.25, 0.3) is 0 Å². The Kier molecular flexibility index (Phi) is 4.24. The molecule has 1 N–H and O–H groups in total. The fourth-order valence-electron chi connectivity index (χ4n) is 1.21. The minimum absolute atomic E-state index is 0.246. The monoisotopic (exact) mass is 285 g/mol. The van der Waals surface area contributed by atoms with E-state index in [1.54, 1.807) is 6.07 Å². The molecule has 1 aromatic carbocycles. The molecule has 0 radical (unpaired) electrons. The van der Waals surface area contributed by atoms with Gasteiger partial charge in [0.2, 0.25) is 5.91 Å². The van der Waals surface area contributed by atoms with Crippen LogP contribution in [-0.2, 0) is 4.79 Å². The third-order valence-electron chi connectivity index (χ3n) is 1.94. The van der Waals surface area contributed by atoms with Gasteiger partial charge in [0.25, 0.3) is 0 Å². The molecule has 1 aromatic rings. The van der Waals surface area contributed by atoms with Crippen molar-refractivity contribution in [3.8, 4) is 0 Å². The van der Waals surface area contributed by atoms with Gasteiger partial charge in [-0.3, -0.25) is 4.79 Å². The first-order chi connectivity index (χ1) is 7.40. The summed E-state index contributed by atoms with van der Waals surface area (Å²) in [4.78, 5) is 11.4. The molecule has 0 atom stereocenters. The van der Waals surface area contributed by atoms with E-state index in [0.717, 1.165) is 11.1 Å². The van der Waals surface area contributed by atoms with Crippen molar-refractivity contribution in [2.45, 2.75) is 20.8 Å². The van der Waals surface area contributed by atoms with Crippen molar-refractivity contribution >= 4 is 27.5 Å². The van der Waals surface area contributed by atoms with Crippen LogP contribution in [0.1, 0.15) is 19.4 Å². The van der Waals surface area contributed by atoms with Crippen molar-refractivity contribution in [3.05, 3.63) is 39.6 Å². The number of carbonyl (C=O) groups excluding carboxylic acids is 1. The number of carbonyl (C=O) groups is 1. The van der Waals surface area contributed by atoms with Crippen LogP contribution in [-0.4, -0.2) is 5.91 Å². The SMILES string of the molecule is CC(C)=CC(=O)Nc1cc(F)c(Br)cc1C. The largest absolute Gasteiger partial charge is 0.322 e. The van der Waals surface area contributed by atoms with Crippen molar-refractivity contribution < 1.29 is 9.18 Å². The first-order valence-electron chi connectivity index (χ1n) is 4.81. The minimum Gasteiger partial charge on any atom is -0.322 e. The number of hydrogen-bond acceptors (Lipinski definition) is 1. The molecule has 0 aliphatic heterocycles. The molecular formula is C12H13BrFNO. The van der Waals surface area contributed by atoms with Gasteiger partial charge in [-0.05, 0) is 54.4 Å². The number of anilines is 1. The maximum Gasteiger partial charge on any atom is 0.248 e. The van der Waals surface area contributed by atoms with Crippen LogP contribution in [0.3, 0.4) is 0 Å². The van der Waals surface area contributed by atoms with Crippen LogP contribution in [0.5, 0.6) is 0 Å². The maximum atomic E-state index is 13.3. The van der Waals surface area contributed by atoms with E-state index < -0.39 is 5.82 Å². The molecule has 0 saturated heterocycles. The maximum absolute atomic E-state index is 13.3. The predicted octanol–water partition coefficient (Wildman–Crippen LogP) is 3.80. The molecule has 0 saturated carbocycles. The normalized spacial score (nSPS) is 9.81. The van der Waals surface area contributed by atoms with Crippen molar-refractivity contribution in [3.63, 3.8) is 0 Å². The Morgan fingerprint density at radius 1 is 1.44 bits per heavy atom. The van der Waals surface area contributed by atoms with Gasteiger partial charge in [0, 0.05) is 11.8 Å². The van der Waals surface area contributed by atoms with Crippen molar-refractivity contribution in [2.24, 2.45) is 0 Å². The van der Waals surface area contributed by atoms with E-state index in [4.69, 9.17) is 0 Å². The van der Waals surface area contributed by atoms with E-state index in [-0.39, 0.29) is 5.91 Å². The molecule has 1 rings (SSSR count). The quantitative estimate of drug-likeness (QED) is 0.823. The molecular weight excluding hydrogens is 273 g/mol. The van der Waals surface area contributed by atoms with Gasteiger partial charge < -0.3 is 5.32 Å². The zero-order valence-electron chi connectivity index (χ0n) is 9.40. The Morgan fingerprint density at radius 2 is 2.06 bits per heavy atom. The summed E-state index contributed by atoms with van der Waals surface area (Å²) < 4.78 is 13.7. The first kappa shape index (κ1) is 12.9. The van der Waals surface area contributed by atoms with Gasteiger partial charge in [0.15, 0.2) is 0 Å². The van der Waals surface area contributed by atoms with Crippen LogP contribution in [0.2, 0.25) is 0 Å². The van der Waals surface area contributed by atoms with Gasteiger partial charge >= 0.3 is 0 Å². The van der Waals surface area contributed by atoms with E-state index in [1.165, 1.54) is 12.1 Å². The number of aryl methyl sites for hydroxylation is 1. The lowest BCUT2D eigenvalue weighted by Gasteiger charge is -2.07. The Bertz CT molecular complexity index is 451. The smallest absolute Gasteiger partial charge is 0.248 e.